The predicted octanol–water partition coefficient (Wildman–Crippen LogP) is 2.10. The summed E-state index contributed by atoms with van der Waals surface area (Å²) in [5, 5.41) is 1.08. The van der Waals surface area contributed by atoms with E-state index in [1.165, 1.54) is 0 Å². The summed E-state index contributed by atoms with van der Waals surface area (Å²) in [5.41, 5.74) is 0. The molecule has 1 fully saturated rings. The molecule has 1 saturated heterocycles. The SMILES string of the molecule is CCc1nccn1C1CCN(OC(=O)C(F)(F)F)CC1. The Morgan fingerprint density at radius 3 is 2.65 bits per heavy atom. The molecule has 0 saturated carbocycles. The van der Waals surface area contributed by atoms with Crippen molar-refractivity contribution in [3.05, 3.63) is 18.2 Å². The van der Waals surface area contributed by atoms with E-state index in [4.69, 9.17) is 0 Å². The Labute approximate surface area is 114 Å². The number of imidazole rings is 1. The van der Waals surface area contributed by atoms with E-state index in [0.717, 1.165) is 17.3 Å². The first-order chi connectivity index (χ1) is 9.41. The molecule has 112 valence electrons. The molecule has 0 radical (unpaired) electrons. The summed E-state index contributed by atoms with van der Waals surface area (Å²) in [4.78, 5) is 19.3. The van der Waals surface area contributed by atoms with Crippen LogP contribution in [0.15, 0.2) is 12.4 Å². The van der Waals surface area contributed by atoms with Gasteiger partial charge in [-0.25, -0.2) is 9.78 Å². The topological polar surface area (TPSA) is 47.4 Å². The Morgan fingerprint density at radius 2 is 2.10 bits per heavy atom. The number of halogens is 3. The molecule has 0 spiro atoms. The Balaban J connectivity index is 1.88. The van der Waals surface area contributed by atoms with Gasteiger partial charge in [0.2, 0.25) is 0 Å². The highest BCUT2D eigenvalue weighted by Gasteiger charge is 2.43. The molecule has 0 bridgehead atoms. The van der Waals surface area contributed by atoms with Crippen molar-refractivity contribution in [1.82, 2.24) is 14.6 Å². The van der Waals surface area contributed by atoms with Gasteiger partial charge in [0.1, 0.15) is 5.82 Å². The molecule has 0 unspecified atom stereocenters. The van der Waals surface area contributed by atoms with Crippen LogP contribution < -0.4 is 0 Å². The van der Waals surface area contributed by atoms with Gasteiger partial charge in [0.25, 0.3) is 0 Å². The van der Waals surface area contributed by atoms with Crippen LogP contribution in [0.25, 0.3) is 0 Å². The highest BCUT2D eigenvalue weighted by Crippen LogP contribution is 2.25. The summed E-state index contributed by atoms with van der Waals surface area (Å²) >= 11 is 0. The van der Waals surface area contributed by atoms with Gasteiger partial charge in [0.15, 0.2) is 0 Å². The molecule has 0 amide bonds. The van der Waals surface area contributed by atoms with Gasteiger partial charge in [-0.3, -0.25) is 0 Å². The molecule has 0 aromatic carbocycles. The number of nitrogens with zero attached hydrogens (tertiary/aromatic N) is 3. The number of hydrogen-bond donors (Lipinski definition) is 0. The third kappa shape index (κ3) is 3.30. The van der Waals surface area contributed by atoms with Crippen LogP contribution >= 0.6 is 0 Å². The monoisotopic (exact) mass is 291 g/mol. The third-order valence-corrected chi connectivity index (χ3v) is 3.33. The van der Waals surface area contributed by atoms with Crippen LogP contribution in [-0.4, -0.2) is 39.8 Å². The number of hydroxylamine groups is 2. The van der Waals surface area contributed by atoms with Gasteiger partial charge in [-0.15, -0.1) is 5.06 Å². The fraction of sp³-hybridized carbons (Fsp3) is 0.667. The molecule has 1 aliphatic rings. The van der Waals surface area contributed by atoms with Crippen LogP contribution in [-0.2, 0) is 16.1 Å². The summed E-state index contributed by atoms with van der Waals surface area (Å²) in [6.45, 7) is 2.57. The Kier molecular flexibility index (Phi) is 4.32. The number of alkyl halides is 3. The second-order valence-electron chi connectivity index (χ2n) is 4.64. The zero-order valence-electron chi connectivity index (χ0n) is 11.1. The number of rotatable bonds is 3. The van der Waals surface area contributed by atoms with Gasteiger partial charge in [-0.1, -0.05) is 6.92 Å². The molecule has 20 heavy (non-hydrogen) atoms. The minimum Gasteiger partial charge on any atom is -0.361 e. The quantitative estimate of drug-likeness (QED) is 0.855. The van der Waals surface area contributed by atoms with Crippen molar-refractivity contribution in [2.45, 2.75) is 38.4 Å². The van der Waals surface area contributed by atoms with Crippen LogP contribution in [0.2, 0.25) is 0 Å². The zero-order chi connectivity index (χ0) is 14.8. The van der Waals surface area contributed by atoms with E-state index in [1.807, 2.05) is 17.7 Å². The van der Waals surface area contributed by atoms with E-state index >= 15 is 0 Å². The van der Waals surface area contributed by atoms with Gasteiger partial charge in [0.05, 0.1) is 0 Å². The third-order valence-electron chi connectivity index (χ3n) is 3.33. The average Bonchev–Trinajstić information content (AvgIpc) is 2.86. The van der Waals surface area contributed by atoms with Crippen molar-refractivity contribution >= 4 is 5.97 Å². The number of hydrogen-bond acceptors (Lipinski definition) is 4. The predicted molar refractivity (Wildman–Crippen MR) is 63.6 cm³/mol. The molecule has 1 aromatic heterocycles. The molecule has 0 atom stereocenters. The lowest BCUT2D eigenvalue weighted by atomic mass is 10.1. The molecule has 0 N–H and O–H groups in total. The van der Waals surface area contributed by atoms with Crippen molar-refractivity contribution in [3.63, 3.8) is 0 Å². The molecule has 2 rings (SSSR count). The minimum absolute atomic E-state index is 0.188. The Hall–Kier alpha value is -1.57. The van der Waals surface area contributed by atoms with Gasteiger partial charge in [-0.05, 0) is 12.8 Å². The Bertz CT molecular complexity index is 465. The second kappa shape index (κ2) is 5.82. The zero-order valence-corrected chi connectivity index (χ0v) is 11.1. The van der Waals surface area contributed by atoms with E-state index in [1.54, 1.807) is 6.20 Å². The first-order valence-corrected chi connectivity index (χ1v) is 6.47. The smallest absolute Gasteiger partial charge is 0.361 e. The second-order valence-corrected chi connectivity index (χ2v) is 4.64. The van der Waals surface area contributed by atoms with Crippen LogP contribution in [0.1, 0.15) is 31.6 Å². The van der Waals surface area contributed by atoms with Crippen molar-refractivity contribution in [1.29, 1.82) is 0 Å². The molecule has 8 heteroatoms. The highest BCUT2D eigenvalue weighted by molar-refractivity contribution is 5.75. The maximum Gasteiger partial charge on any atom is 0.492 e. The number of aryl methyl sites for hydroxylation is 1. The maximum atomic E-state index is 12.1. The van der Waals surface area contributed by atoms with Crippen molar-refractivity contribution in [2.24, 2.45) is 0 Å². The fourth-order valence-corrected chi connectivity index (χ4v) is 2.33. The maximum absolute atomic E-state index is 12.1. The molecule has 5 nitrogen and oxygen atoms in total. The number of carbonyl (C=O) groups excluding carboxylic acids is 1. The summed E-state index contributed by atoms with van der Waals surface area (Å²) in [6.07, 6.45) is 0.686. The van der Waals surface area contributed by atoms with Crippen LogP contribution in [0, 0.1) is 0 Å². The van der Waals surface area contributed by atoms with E-state index in [9.17, 15) is 18.0 Å². The van der Waals surface area contributed by atoms with Gasteiger partial charge in [0, 0.05) is 37.9 Å². The van der Waals surface area contributed by atoms with E-state index < -0.39 is 12.1 Å². The lowest BCUT2D eigenvalue weighted by Crippen LogP contribution is -2.40. The lowest BCUT2D eigenvalue weighted by Gasteiger charge is -2.31. The molecular weight excluding hydrogens is 275 g/mol. The first kappa shape index (κ1) is 14.8. The summed E-state index contributed by atoms with van der Waals surface area (Å²) in [6, 6.07) is 0.188. The largest absolute Gasteiger partial charge is 0.492 e. The summed E-state index contributed by atoms with van der Waals surface area (Å²) < 4.78 is 38.3. The highest BCUT2D eigenvalue weighted by atomic mass is 19.4. The fourth-order valence-electron chi connectivity index (χ4n) is 2.33. The van der Waals surface area contributed by atoms with Gasteiger partial charge < -0.3 is 9.40 Å². The number of carbonyl (C=O) groups is 1. The molecule has 2 heterocycles. The number of piperidine rings is 1. The minimum atomic E-state index is -4.95. The van der Waals surface area contributed by atoms with E-state index in [0.29, 0.717) is 12.8 Å². The lowest BCUT2D eigenvalue weighted by molar-refractivity contribution is -0.242. The number of aromatic nitrogens is 2. The van der Waals surface area contributed by atoms with Crippen LogP contribution in [0.3, 0.4) is 0 Å². The summed E-state index contributed by atoms with van der Waals surface area (Å²) in [7, 11) is 0. The normalized spacial score (nSPS) is 18.2. The van der Waals surface area contributed by atoms with Gasteiger partial charge >= 0.3 is 12.1 Å². The van der Waals surface area contributed by atoms with Gasteiger partial charge in [-0.2, -0.15) is 13.2 Å². The van der Waals surface area contributed by atoms with E-state index in [-0.39, 0.29) is 19.1 Å². The molecular formula is C12H16F3N3O2. The van der Waals surface area contributed by atoms with Crippen LogP contribution in [0.4, 0.5) is 13.2 Å². The van der Waals surface area contributed by atoms with Crippen molar-refractivity contribution in [2.75, 3.05) is 13.1 Å². The van der Waals surface area contributed by atoms with Crippen molar-refractivity contribution < 1.29 is 22.8 Å². The summed E-state index contributed by atoms with van der Waals surface area (Å²) in [5.74, 6) is -1.21. The van der Waals surface area contributed by atoms with Crippen LogP contribution in [0.5, 0.6) is 0 Å². The van der Waals surface area contributed by atoms with Crippen molar-refractivity contribution in [3.8, 4) is 0 Å². The standard InChI is InChI=1S/C12H16F3N3O2/c1-2-10-16-5-8-18(10)9-3-6-17(7-4-9)20-11(19)12(13,14)15/h5,8-9H,2-4,6-7H2,1H3. The molecule has 0 aliphatic carbocycles. The van der Waals surface area contributed by atoms with E-state index in [2.05, 4.69) is 9.82 Å². The Morgan fingerprint density at radius 1 is 1.45 bits per heavy atom. The molecule has 1 aromatic rings. The average molecular weight is 291 g/mol. The first-order valence-electron chi connectivity index (χ1n) is 6.47. The molecule has 1 aliphatic heterocycles.